The third-order valence-electron chi connectivity index (χ3n) is 4.47. The van der Waals surface area contributed by atoms with Crippen LogP contribution in [0.2, 0.25) is 0 Å². The fourth-order valence-corrected chi connectivity index (χ4v) is 4.02. The normalized spacial score (nSPS) is 11.3. The van der Waals surface area contributed by atoms with Gasteiger partial charge in [-0.3, -0.25) is 14.2 Å². The summed E-state index contributed by atoms with van der Waals surface area (Å²) in [5, 5.41) is 1.81. The molecule has 7 heteroatoms. The molecule has 0 aliphatic carbocycles. The van der Waals surface area contributed by atoms with Gasteiger partial charge in [-0.1, -0.05) is 36.0 Å². The maximum absolute atomic E-state index is 12.7. The van der Waals surface area contributed by atoms with E-state index in [1.165, 1.54) is 11.8 Å². The van der Waals surface area contributed by atoms with Crippen LogP contribution < -0.4 is 11.1 Å². The molecular formula is C20H18N4O2S. The molecule has 0 saturated carbocycles. The molecule has 2 heterocycles. The smallest absolute Gasteiger partial charge is 0.262 e. The van der Waals surface area contributed by atoms with E-state index in [0.29, 0.717) is 45.1 Å². The second kappa shape index (κ2) is 7.00. The lowest BCUT2D eigenvalue weighted by atomic mass is 10.1. The molecule has 1 N–H and O–H groups in total. The molecule has 2 aromatic carbocycles. The fraction of sp³-hybridized carbons (Fsp3) is 0.200. The summed E-state index contributed by atoms with van der Waals surface area (Å²) in [7, 11) is 0. The molecule has 0 aliphatic heterocycles. The van der Waals surface area contributed by atoms with Crippen LogP contribution in [0.25, 0.3) is 21.8 Å². The van der Waals surface area contributed by atoms with Gasteiger partial charge in [-0.05, 0) is 37.6 Å². The molecule has 0 saturated heterocycles. The molecule has 0 radical (unpaired) electrons. The van der Waals surface area contributed by atoms with Gasteiger partial charge < -0.3 is 4.98 Å². The van der Waals surface area contributed by atoms with Gasteiger partial charge in [0.1, 0.15) is 5.82 Å². The zero-order valence-corrected chi connectivity index (χ0v) is 15.8. The Morgan fingerprint density at radius 2 is 1.81 bits per heavy atom. The first-order valence-corrected chi connectivity index (χ1v) is 9.68. The summed E-state index contributed by atoms with van der Waals surface area (Å²) in [6.45, 7) is 4.38. The van der Waals surface area contributed by atoms with Crippen molar-refractivity contribution in [1.29, 1.82) is 0 Å². The van der Waals surface area contributed by atoms with E-state index in [2.05, 4.69) is 15.0 Å². The molecule has 4 rings (SSSR count). The summed E-state index contributed by atoms with van der Waals surface area (Å²) in [6.07, 6.45) is 0. The number of hydrogen-bond donors (Lipinski definition) is 1. The van der Waals surface area contributed by atoms with Crippen LogP contribution in [0.1, 0.15) is 18.3 Å². The predicted molar refractivity (Wildman–Crippen MR) is 108 cm³/mol. The van der Waals surface area contributed by atoms with Crippen LogP contribution in [-0.4, -0.2) is 19.5 Å². The van der Waals surface area contributed by atoms with Gasteiger partial charge >= 0.3 is 0 Å². The minimum atomic E-state index is -0.154. The lowest BCUT2D eigenvalue weighted by Gasteiger charge is -2.11. The Labute approximate surface area is 159 Å². The minimum Gasteiger partial charge on any atom is -0.309 e. The highest BCUT2D eigenvalue weighted by Crippen LogP contribution is 2.21. The average Bonchev–Trinajstić information content (AvgIpc) is 2.67. The number of H-pyrrole nitrogens is 1. The van der Waals surface area contributed by atoms with Crippen molar-refractivity contribution in [2.24, 2.45) is 0 Å². The van der Waals surface area contributed by atoms with Crippen LogP contribution in [0.5, 0.6) is 0 Å². The Kier molecular flexibility index (Phi) is 4.53. The molecule has 0 atom stereocenters. The van der Waals surface area contributed by atoms with E-state index >= 15 is 0 Å². The third-order valence-corrected chi connectivity index (χ3v) is 5.46. The van der Waals surface area contributed by atoms with E-state index < -0.39 is 0 Å². The van der Waals surface area contributed by atoms with Crippen LogP contribution in [0.4, 0.5) is 0 Å². The SMILES string of the molecule is CCn1c(SCc2nc3c(C)cccc3c(=O)[nH]2)nc2ccccc2c1=O. The first-order chi connectivity index (χ1) is 13.1. The second-order valence-corrected chi connectivity index (χ2v) is 7.18. The number of nitrogens with one attached hydrogen (secondary N) is 1. The third kappa shape index (κ3) is 3.14. The number of aromatic nitrogens is 4. The largest absolute Gasteiger partial charge is 0.309 e. The Bertz CT molecular complexity index is 1280. The Balaban J connectivity index is 1.74. The van der Waals surface area contributed by atoms with E-state index in [-0.39, 0.29) is 11.1 Å². The highest BCUT2D eigenvalue weighted by atomic mass is 32.2. The van der Waals surface area contributed by atoms with Crippen LogP contribution in [0, 0.1) is 6.92 Å². The topological polar surface area (TPSA) is 80.6 Å². The summed E-state index contributed by atoms with van der Waals surface area (Å²) < 4.78 is 1.65. The summed E-state index contributed by atoms with van der Waals surface area (Å²) in [6, 6.07) is 12.9. The van der Waals surface area contributed by atoms with Crippen molar-refractivity contribution in [2.45, 2.75) is 31.3 Å². The number of para-hydroxylation sites is 2. The van der Waals surface area contributed by atoms with E-state index in [1.54, 1.807) is 16.7 Å². The Morgan fingerprint density at radius 1 is 1.04 bits per heavy atom. The molecule has 0 bridgehead atoms. The van der Waals surface area contributed by atoms with Gasteiger partial charge in [-0.2, -0.15) is 0 Å². The number of nitrogens with zero attached hydrogens (tertiary/aromatic N) is 3. The molecule has 0 unspecified atom stereocenters. The van der Waals surface area contributed by atoms with Gasteiger partial charge in [0.05, 0.1) is 27.6 Å². The molecular weight excluding hydrogens is 360 g/mol. The molecule has 27 heavy (non-hydrogen) atoms. The molecule has 0 amide bonds. The number of thioether (sulfide) groups is 1. The number of hydrogen-bond acceptors (Lipinski definition) is 5. The number of aromatic amines is 1. The van der Waals surface area contributed by atoms with E-state index in [9.17, 15) is 9.59 Å². The molecule has 4 aromatic rings. The lowest BCUT2D eigenvalue weighted by molar-refractivity contribution is 0.634. The number of benzene rings is 2. The molecule has 136 valence electrons. The van der Waals surface area contributed by atoms with Gasteiger partial charge in [0.25, 0.3) is 11.1 Å². The van der Waals surface area contributed by atoms with E-state index in [0.717, 1.165) is 5.56 Å². The summed E-state index contributed by atoms with van der Waals surface area (Å²) in [5.41, 5.74) is 2.13. The Morgan fingerprint density at radius 3 is 2.63 bits per heavy atom. The van der Waals surface area contributed by atoms with Gasteiger partial charge in [-0.25, -0.2) is 9.97 Å². The van der Waals surface area contributed by atoms with Crippen LogP contribution in [0.15, 0.2) is 57.2 Å². The quantitative estimate of drug-likeness (QED) is 0.435. The summed E-state index contributed by atoms with van der Waals surface area (Å²) in [5.74, 6) is 0.987. The fourth-order valence-electron chi connectivity index (χ4n) is 3.09. The summed E-state index contributed by atoms with van der Waals surface area (Å²) >= 11 is 1.40. The van der Waals surface area contributed by atoms with Gasteiger partial charge in [-0.15, -0.1) is 0 Å². The monoisotopic (exact) mass is 378 g/mol. The van der Waals surface area contributed by atoms with Crippen LogP contribution >= 0.6 is 11.8 Å². The van der Waals surface area contributed by atoms with E-state index in [4.69, 9.17) is 0 Å². The summed E-state index contributed by atoms with van der Waals surface area (Å²) in [4.78, 5) is 37.1. The molecule has 0 fully saturated rings. The standard InChI is InChI=1S/C20H18N4O2S/c1-3-24-19(26)13-8-4-5-10-15(13)21-20(24)27-11-16-22-17-12(2)7-6-9-14(17)18(25)23-16/h4-10H,3,11H2,1-2H3,(H,22,23,25). The predicted octanol–water partition coefficient (Wildman–Crippen LogP) is 3.25. The Hall–Kier alpha value is -2.93. The maximum Gasteiger partial charge on any atom is 0.262 e. The van der Waals surface area contributed by atoms with Crippen molar-refractivity contribution >= 4 is 33.6 Å². The van der Waals surface area contributed by atoms with Crippen LogP contribution in [0.3, 0.4) is 0 Å². The number of fused-ring (bicyclic) bond motifs is 2. The van der Waals surface area contributed by atoms with Crippen molar-refractivity contribution < 1.29 is 0 Å². The van der Waals surface area contributed by atoms with Crippen molar-refractivity contribution in [3.63, 3.8) is 0 Å². The lowest BCUT2D eigenvalue weighted by Crippen LogP contribution is -2.22. The van der Waals surface area contributed by atoms with E-state index in [1.807, 2.05) is 44.2 Å². The number of aryl methyl sites for hydroxylation is 1. The second-order valence-electron chi connectivity index (χ2n) is 6.23. The molecule has 6 nitrogen and oxygen atoms in total. The van der Waals surface area contributed by atoms with Crippen LogP contribution in [-0.2, 0) is 12.3 Å². The number of rotatable bonds is 4. The van der Waals surface area contributed by atoms with Crippen molar-refractivity contribution in [2.75, 3.05) is 0 Å². The zero-order chi connectivity index (χ0) is 19.0. The molecule has 0 aliphatic rings. The average molecular weight is 378 g/mol. The minimum absolute atomic E-state index is 0.0543. The molecule has 2 aromatic heterocycles. The van der Waals surface area contributed by atoms with Gasteiger partial charge in [0.15, 0.2) is 5.16 Å². The maximum atomic E-state index is 12.7. The first-order valence-electron chi connectivity index (χ1n) is 8.69. The highest BCUT2D eigenvalue weighted by molar-refractivity contribution is 7.98. The first kappa shape index (κ1) is 17.5. The van der Waals surface area contributed by atoms with Crippen molar-refractivity contribution in [3.05, 3.63) is 74.6 Å². The zero-order valence-electron chi connectivity index (χ0n) is 15.0. The molecule has 0 spiro atoms. The van der Waals surface area contributed by atoms with Crippen molar-refractivity contribution in [3.8, 4) is 0 Å². The van der Waals surface area contributed by atoms with Gasteiger partial charge in [0.2, 0.25) is 0 Å². The van der Waals surface area contributed by atoms with Gasteiger partial charge in [0, 0.05) is 6.54 Å². The van der Waals surface area contributed by atoms with Crippen molar-refractivity contribution in [1.82, 2.24) is 19.5 Å². The highest BCUT2D eigenvalue weighted by Gasteiger charge is 2.12.